The van der Waals surface area contributed by atoms with E-state index in [-0.39, 0.29) is 6.61 Å². The van der Waals surface area contributed by atoms with Crippen LogP contribution >= 0.6 is 0 Å². The molecule has 1 aromatic rings. The first kappa shape index (κ1) is 9.99. The molecule has 0 spiro atoms. The molecule has 1 heterocycles. The first-order valence-corrected chi connectivity index (χ1v) is 5.02. The molecule has 1 N–H and O–H groups in total. The van der Waals surface area contributed by atoms with Crippen molar-refractivity contribution in [3.8, 4) is 0 Å². The van der Waals surface area contributed by atoms with E-state index in [1.54, 1.807) is 0 Å². The first-order valence-electron chi connectivity index (χ1n) is 5.02. The second-order valence-electron chi connectivity index (χ2n) is 3.76. The molecule has 0 amide bonds. The highest BCUT2D eigenvalue weighted by molar-refractivity contribution is 5.79. The Morgan fingerprint density at radius 2 is 2.07 bits per heavy atom. The molecule has 2 heteroatoms. The van der Waals surface area contributed by atoms with Crippen molar-refractivity contribution >= 4 is 5.57 Å². The number of benzene rings is 1. The lowest BCUT2D eigenvalue weighted by Crippen LogP contribution is -1.93. The lowest BCUT2D eigenvalue weighted by Gasteiger charge is -2.03. The van der Waals surface area contributed by atoms with E-state index < -0.39 is 0 Å². The summed E-state index contributed by atoms with van der Waals surface area (Å²) in [6, 6.07) is 7.93. The molecule has 0 atom stereocenters. The van der Waals surface area contributed by atoms with Crippen LogP contribution in [0.2, 0.25) is 0 Å². The second kappa shape index (κ2) is 3.91. The molecule has 2 rings (SSSR count). The van der Waals surface area contributed by atoms with Gasteiger partial charge in [-0.15, -0.1) is 0 Å². The number of aliphatic hydroxyl groups excluding tert-OH is 1. The van der Waals surface area contributed by atoms with Crippen LogP contribution in [-0.2, 0) is 6.61 Å². The van der Waals surface area contributed by atoms with Crippen LogP contribution in [0.1, 0.15) is 25.0 Å². The summed E-state index contributed by atoms with van der Waals surface area (Å²) in [6.45, 7) is 4.08. The number of hydrogen-bond donors (Lipinski definition) is 1. The van der Waals surface area contributed by atoms with Gasteiger partial charge in [0.1, 0.15) is 0 Å². The summed E-state index contributed by atoms with van der Waals surface area (Å²) in [5.41, 5.74) is 5.30. The third-order valence-electron chi connectivity index (χ3n) is 2.51. The van der Waals surface area contributed by atoms with Gasteiger partial charge in [-0.25, -0.2) is 0 Å². The summed E-state index contributed by atoms with van der Waals surface area (Å²) < 4.78 is 0. The van der Waals surface area contributed by atoms with Crippen LogP contribution < -0.4 is 5.32 Å². The zero-order valence-electron chi connectivity index (χ0n) is 8.99. The maximum atomic E-state index is 9.07. The van der Waals surface area contributed by atoms with Gasteiger partial charge in [-0.05, 0) is 37.1 Å². The molecule has 15 heavy (non-hydrogen) atoms. The smallest absolute Gasteiger partial charge is 0.0682 e. The van der Waals surface area contributed by atoms with Gasteiger partial charge in [-0.2, -0.15) is 0 Å². The Hall–Kier alpha value is -1.54. The zero-order valence-corrected chi connectivity index (χ0v) is 8.99. The van der Waals surface area contributed by atoms with Crippen LogP contribution in [-0.4, -0.2) is 5.11 Å². The number of hydrogen-bond acceptors (Lipinski definition) is 1. The minimum Gasteiger partial charge on any atom is -0.392 e. The van der Waals surface area contributed by atoms with Crippen molar-refractivity contribution in [2.24, 2.45) is 0 Å². The first-order chi connectivity index (χ1) is 7.20. The van der Waals surface area contributed by atoms with Crippen molar-refractivity contribution in [3.63, 3.8) is 0 Å². The topological polar surface area (TPSA) is 34.3 Å². The maximum absolute atomic E-state index is 9.07. The Kier molecular flexibility index (Phi) is 2.60. The fourth-order valence-corrected chi connectivity index (χ4v) is 1.80. The fraction of sp³-hybridized carbons (Fsp3) is 0.231. The van der Waals surface area contributed by atoms with E-state index in [2.05, 4.69) is 11.4 Å². The summed E-state index contributed by atoms with van der Waals surface area (Å²) >= 11 is 0. The van der Waals surface area contributed by atoms with Crippen molar-refractivity contribution in [3.05, 3.63) is 52.9 Å². The molecule has 0 aromatic heterocycles. The Bertz CT molecular complexity index is 444. The zero-order chi connectivity index (χ0) is 10.8. The SMILES string of the molecule is CC1=CC(c2cccc(CO)c2)=C(C)[N]1. The van der Waals surface area contributed by atoms with Crippen molar-refractivity contribution in [2.75, 3.05) is 0 Å². The van der Waals surface area contributed by atoms with E-state index in [1.807, 2.05) is 38.1 Å². The van der Waals surface area contributed by atoms with Gasteiger partial charge in [0.2, 0.25) is 0 Å². The normalized spacial score (nSPS) is 15.3. The second-order valence-corrected chi connectivity index (χ2v) is 3.76. The lowest BCUT2D eigenvalue weighted by atomic mass is 10.0. The number of aliphatic hydroxyl groups is 1. The molecular formula is C13H14NO. The van der Waals surface area contributed by atoms with Crippen LogP contribution in [0.4, 0.5) is 0 Å². The summed E-state index contributed by atoms with van der Waals surface area (Å²) in [5.74, 6) is 0. The molecule has 0 unspecified atom stereocenters. The van der Waals surface area contributed by atoms with Crippen LogP contribution in [0, 0.1) is 0 Å². The van der Waals surface area contributed by atoms with Crippen molar-refractivity contribution < 1.29 is 5.11 Å². The fourth-order valence-electron chi connectivity index (χ4n) is 1.80. The summed E-state index contributed by atoms with van der Waals surface area (Å²) in [4.78, 5) is 0. The van der Waals surface area contributed by atoms with Crippen molar-refractivity contribution in [1.29, 1.82) is 0 Å². The van der Waals surface area contributed by atoms with Gasteiger partial charge >= 0.3 is 0 Å². The number of allylic oxidation sites excluding steroid dienone is 4. The highest BCUT2D eigenvalue weighted by Gasteiger charge is 2.12. The van der Waals surface area contributed by atoms with Crippen LogP contribution in [0.25, 0.3) is 5.57 Å². The quantitative estimate of drug-likeness (QED) is 0.781. The van der Waals surface area contributed by atoms with Crippen LogP contribution in [0.5, 0.6) is 0 Å². The summed E-state index contributed by atoms with van der Waals surface area (Å²) in [6.07, 6.45) is 2.08. The Morgan fingerprint density at radius 1 is 1.27 bits per heavy atom. The maximum Gasteiger partial charge on any atom is 0.0682 e. The van der Waals surface area contributed by atoms with Crippen molar-refractivity contribution in [2.45, 2.75) is 20.5 Å². The van der Waals surface area contributed by atoms with Gasteiger partial charge < -0.3 is 5.11 Å². The molecule has 0 aliphatic carbocycles. The predicted octanol–water partition coefficient (Wildman–Crippen LogP) is 2.43. The van der Waals surface area contributed by atoms with E-state index in [9.17, 15) is 0 Å². The third-order valence-corrected chi connectivity index (χ3v) is 2.51. The molecule has 2 nitrogen and oxygen atoms in total. The van der Waals surface area contributed by atoms with E-state index in [1.165, 1.54) is 0 Å². The molecule has 77 valence electrons. The molecule has 0 saturated heterocycles. The predicted molar refractivity (Wildman–Crippen MR) is 60.8 cm³/mol. The molecule has 1 radical (unpaired) electrons. The number of rotatable bonds is 2. The number of nitrogens with zero attached hydrogens (tertiary/aromatic N) is 1. The van der Waals surface area contributed by atoms with Crippen molar-refractivity contribution in [1.82, 2.24) is 5.32 Å². The highest BCUT2D eigenvalue weighted by Crippen LogP contribution is 2.26. The van der Waals surface area contributed by atoms with Gasteiger partial charge in [0.05, 0.1) is 6.61 Å². The highest BCUT2D eigenvalue weighted by atomic mass is 16.3. The molecule has 0 bridgehead atoms. The van der Waals surface area contributed by atoms with E-state index >= 15 is 0 Å². The van der Waals surface area contributed by atoms with Gasteiger partial charge in [-0.1, -0.05) is 18.2 Å². The molecule has 1 aliphatic heterocycles. The molecule has 1 aliphatic rings. The molecule has 0 fully saturated rings. The largest absolute Gasteiger partial charge is 0.392 e. The minimum atomic E-state index is 0.0833. The van der Waals surface area contributed by atoms with Gasteiger partial charge in [0.25, 0.3) is 0 Å². The average Bonchev–Trinajstić information content (AvgIpc) is 2.58. The molecular weight excluding hydrogens is 186 g/mol. The summed E-state index contributed by atoms with van der Waals surface area (Å²) in [7, 11) is 0. The van der Waals surface area contributed by atoms with Crippen LogP contribution in [0.3, 0.4) is 0 Å². The minimum absolute atomic E-state index is 0.0833. The Labute approximate surface area is 89.9 Å². The lowest BCUT2D eigenvalue weighted by molar-refractivity contribution is 0.282. The third kappa shape index (κ3) is 1.95. The molecule has 0 saturated carbocycles. The molecule has 1 aromatic carbocycles. The van der Waals surface area contributed by atoms with E-state index in [0.717, 1.165) is 28.1 Å². The van der Waals surface area contributed by atoms with E-state index in [4.69, 9.17) is 5.11 Å². The van der Waals surface area contributed by atoms with Gasteiger partial charge in [0.15, 0.2) is 0 Å². The Balaban J connectivity index is 2.41. The van der Waals surface area contributed by atoms with E-state index in [0.29, 0.717) is 0 Å². The standard InChI is InChI=1S/C13H14NO/c1-9-6-13(10(2)14-9)12-5-3-4-11(7-12)8-15/h3-7,15H,8H2,1-2H3. The van der Waals surface area contributed by atoms with Gasteiger partial charge in [-0.3, -0.25) is 5.32 Å². The monoisotopic (exact) mass is 200 g/mol. The van der Waals surface area contributed by atoms with Crippen LogP contribution in [0.15, 0.2) is 41.7 Å². The summed E-state index contributed by atoms with van der Waals surface area (Å²) in [5, 5.41) is 13.4. The Morgan fingerprint density at radius 3 is 2.67 bits per heavy atom. The van der Waals surface area contributed by atoms with Gasteiger partial charge in [0, 0.05) is 17.0 Å². The average molecular weight is 200 g/mol.